The number of allylic oxidation sites excluding steroid dienone is 2. The fourth-order valence-corrected chi connectivity index (χ4v) is 11.0. The molecular weight excluding hydrogens is 641 g/mol. The molecule has 0 fully saturated rings. The number of rotatable bonds is 16. The molecule has 4 aromatic rings. The topological polar surface area (TPSA) is 56.3 Å². The molecule has 4 heterocycles. The first-order valence-electron chi connectivity index (χ1n) is 16.2. The fraction of sp³-hybridized carbons (Fsp3) is 0.421. The average molecular weight is 681 g/mol. The molecule has 4 nitrogen and oxygen atoms in total. The van der Waals surface area contributed by atoms with E-state index < -0.39 is 0 Å². The van der Waals surface area contributed by atoms with Crippen molar-refractivity contribution in [2.75, 3.05) is 0 Å². The van der Waals surface area contributed by atoms with Gasteiger partial charge in [-0.3, -0.25) is 0 Å². The Kier molecular flexibility index (Phi) is 13.4. The summed E-state index contributed by atoms with van der Waals surface area (Å²) in [6, 6.07) is 13.3. The summed E-state index contributed by atoms with van der Waals surface area (Å²) in [5.41, 5.74) is 2.75. The number of nitrogens with zero attached hydrogens (tertiary/aromatic N) is 4. The van der Waals surface area contributed by atoms with Crippen LogP contribution in [0.4, 0.5) is 0 Å². The first-order chi connectivity index (χ1) is 22.4. The van der Waals surface area contributed by atoms with Gasteiger partial charge < -0.3 is 0 Å². The van der Waals surface area contributed by atoms with E-state index in [1.54, 1.807) is 57.5 Å². The lowest BCUT2D eigenvalue weighted by Crippen LogP contribution is -2.04. The van der Waals surface area contributed by atoms with E-state index in [9.17, 15) is 10.5 Å². The molecule has 0 bridgehead atoms. The lowest BCUT2D eigenvalue weighted by molar-refractivity contribution is 0.438. The molecule has 0 aliphatic carbocycles. The minimum Gasteiger partial charge on any atom is -0.227 e. The zero-order chi connectivity index (χ0) is 33.1. The predicted molar refractivity (Wildman–Crippen MR) is 201 cm³/mol. The highest BCUT2D eigenvalue weighted by Crippen LogP contribution is 2.46. The Morgan fingerprint density at radius 1 is 0.630 bits per heavy atom. The molecule has 46 heavy (non-hydrogen) atoms. The van der Waals surface area contributed by atoms with Crippen LogP contribution in [0, 0.1) is 47.6 Å². The van der Waals surface area contributed by atoms with Gasteiger partial charge in [-0.2, -0.15) is 0 Å². The zero-order valence-corrected chi connectivity index (χ0v) is 30.4. The highest BCUT2D eigenvalue weighted by atomic mass is 32.1. The number of hydrogen-bond donors (Lipinski definition) is 0. The third kappa shape index (κ3) is 8.85. The molecule has 0 aliphatic rings. The normalized spacial score (nSPS) is 12.0. The van der Waals surface area contributed by atoms with Crippen LogP contribution >= 0.6 is 45.3 Å². The summed E-state index contributed by atoms with van der Waals surface area (Å²) in [7, 11) is 0. The minimum atomic E-state index is 0.132. The lowest BCUT2D eigenvalue weighted by atomic mass is 9.91. The summed E-state index contributed by atoms with van der Waals surface area (Å²) in [4.78, 5) is 13.8. The van der Waals surface area contributed by atoms with Crippen molar-refractivity contribution in [3.8, 4) is 31.6 Å². The molecular formula is C38H40N4S4. The summed E-state index contributed by atoms with van der Waals surface area (Å²) in [6.07, 6.45) is 14.9. The predicted octanol–water partition coefficient (Wildman–Crippen LogP) is 13.5. The molecule has 0 saturated carbocycles. The van der Waals surface area contributed by atoms with Crippen molar-refractivity contribution in [3.05, 3.63) is 79.4 Å². The molecule has 0 saturated heterocycles. The first-order valence-corrected chi connectivity index (χ1v) is 19.4. The van der Waals surface area contributed by atoms with Crippen molar-refractivity contribution in [2.45, 2.75) is 91.9 Å². The van der Waals surface area contributed by atoms with E-state index >= 15 is 0 Å². The van der Waals surface area contributed by atoms with Gasteiger partial charge in [0.05, 0.1) is 25.3 Å². The van der Waals surface area contributed by atoms with Crippen LogP contribution in [0.3, 0.4) is 0 Å². The standard InChI is InChI=1S/C38H40N4S4/c1-7-11-25(12-8-2)15-27-17-33(43-31(27)19-29(23-39)41-5)35-21-37-38(45-35)22-36(46-37)34-18-28(16-26(13-9-3)14-10-4)32(44-34)20-30(24-40)42-6/h17-22,25-26H,7-16H2,1-4H3/b29-19-,30-20+. The Bertz CT molecular complexity index is 1660. The zero-order valence-electron chi connectivity index (χ0n) is 27.1. The molecule has 0 aliphatic heterocycles. The van der Waals surface area contributed by atoms with Gasteiger partial charge in [0.2, 0.25) is 0 Å². The van der Waals surface area contributed by atoms with Crippen molar-refractivity contribution in [1.82, 2.24) is 0 Å². The van der Waals surface area contributed by atoms with Gasteiger partial charge in [0.15, 0.2) is 0 Å². The third-order valence-corrected chi connectivity index (χ3v) is 13.1. The molecule has 4 aromatic heterocycles. The van der Waals surface area contributed by atoms with E-state index in [1.165, 1.54) is 65.7 Å². The SMILES string of the molecule is [C-]#[N+]/C(C#N)=C\c1sc(-c2cc3sc(-c4cc(CC(CCC)CCC)c(/C=C(\C#N)[N+]#[C-])s4)cc3s2)cc1CC(CCC)CCC. The van der Waals surface area contributed by atoms with Crippen LogP contribution in [-0.2, 0) is 12.8 Å². The van der Waals surface area contributed by atoms with E-state index in [4.69, 9.17) is 13.1 Å². The molecule has 0 amide bonds. The molecule has 0 N–H and O–H groups in total. The molecule has 0 radical (unpaired) electrons. The second kappa shape index (κ2) is 17.4. The van der Waals surface area contributed by atoms with Gasteiger partial charge in [-0.25, -0.2) is 20.2 Å². The Morgan fingerprint density at radius 3 is 1.28 bits per heavy atom. The Labute approximate surface area is 290 Å². The largest absolute Gasteiger partial charge is 0.263 e. The maximum atomic E-state index is 9.46. The highest BCUT2D eigenvalue weighted by molar-refractivity contribution is 7.33. The molecule has 236 valence electrons. The van der Waals surface area contributed by atoms with Crippen LogP contribution in [0.2, 0.25) is 0 Å². The van der Waals surface area contributed by atoms with Crippen LogP contribution in [0.5, 0.6) is 0 Å². The monoisotopic (exact) mass is 680 g/mol. The second-order valence-corrected chi connectivity index (χ2v) is 16.1. The van der Waals surface area contributed by atoms with Gasteiger partial charge in [0.25, 0.3) is 11.4 Å². The highest BCUT2D eigenvalue weighted by Gasteiger charge is 2.19. The Balaban J connectivity index is 1.70. The van der Waals surface area contributed by atoms with E-state index in [1.807, 2.05) is 12.1 Å². The maximum absolute atomic E-state index is 9.46. The van der Waals surface area contributed by atoms with Crippen molar-refractivity contribution in [1.29, 1.82) is 10.5 Å². The van der Waals surface area contributed by atoms with Crippen molar-refractivity contribution >= 4 is 66.9 Å². The van der Waals surface area contributed by atoms with Crippen LogP contribution in [0.15, 0.2) is 35.7 Å². The number of hydrogen-bond acceptors (Lipinski definition) is 6. The summed E-state index contributed by atoms with van der Waals surface area (Å²) < 4.78 is 2.49. The average Bonchev–Trinajstić information content (AvgIpc) is 3.82. The van der Waals surface area contributed by atoms with Crippen LogP contribution < -0.4 is 0 Å². The third-order valence-electron chi connectivity index (χ3n) is 8.19. The van der Waals surface area contributed by atoms with Gasteiger partial charge in [-0.1, -0.05) is 79.1 Å². The van der Waals surface area contributed by atoms with E-state index in [0.29, 0.717) is 11.8 Å². The van der Waals surface area contributed by atoms with E-state index in [2.05, 4.69) is 61.7 Å². The number of nitriles is 2. The Hall–Kier alpha value is -3.50. The van der Waals surface area contributed by atoms with Crippen molar-refractivity contribution in [3.63, 3.8) is 0 Å². The molecule has 0 atom stereocenters. The minimum absolute atomic E-state index is 0.132. The van der Waals surface area contributed by atoms with Gasteiger partial charge in [-0.15, -0.1) is 45.3 Å². The van der Waals surface area contributed by atoms with Crippen molar-refractivity contribution < 1.29 is 0 Å². The van der Waals surface area contributed by atoms with E-state index in [0.717, 1.165) is 48.3 Å². The molecule has 8 heteroatoms. The molecule has 0 spiro atoms. The molecule has 0 aromatic carbocycles. The number of thiophene rings is 4. The first kappa shape index (κ1) is 35.4. The maximum Gasteiger partial charge on any atom is 0.263 e. The smallest absolute Gasteiger partial charge is 0.227 e. The lowest BCUT2D eigenvalue weighted by Gasteiger charge is -2.15. The van der Waals surface area contributed by atoms with E-state index in [-0.39, 0.29) is 11.4 Å². The Morgan fingerprint density at radius 2 is 0.978 bits per heavy atom. The number of fused-ring (bicyclic) bond motifs is 1. The van der Waals surface area contributed by atoms with Gasteiger partial charge in [0, 0.05) is 38.7 Å². The quantitative estimate of drug-likeness (QED) is 0.0873. The molecule has 4 rings (SSSR count). The summed E-state index contributed by atoms with van der Waals surface area (Å²) >= 11 is 6.96. The van der Waals surface area contributed by atoms with Gasteiger partial charge in [0.1, 0.15) is 0 Å². The van der Waals surface area contributed by atoms with Crippen LogP contribution in [0.1, 0.15) is 99.9 Å². The van der Waals surface area contributed by atoms with Crippen molar-refractivity contribution in [2.24, 2.45) is 11.8 Å². The second-order valence-electron chi connectivity index (χ2n) is 11.8. The van der Waals surface area contributed by atoms with Crippen LogP contribution in [0.25, 0.3) is 50.8 Å². The van der Waals surface area contributed by atoms with Gasteiger partial charge >= 0.3 is 0 Å². The summed E-state index contributed by atoms with van der Waals surface area (Å²) in [6.45, 7) is 23.8. The van der Waals surface area contributed by atoms with Crippen LogP contribution in [-0.4, -0.2) is 0 Å². The van der Waals surface area contributed by atoms with Gasteiger partial charge in [-0.05, 0) is 72.2 Å². The molecule has 0 unspecified atom stereocenters. The fourth-order valence-electron chi connectivity index (χ4n) is 6.15. The summed E-state index contributed by atoms with van der Waals surface area (Å²) in [5, 5.41) is 18.9. The summed E-state index contributed by atoms with van der Waals surface area (Å²) in [5.74, 6) is 1.21.